The van der Waals surface area contributed by atoms with E-state index in [0.29, 0.717) is 13.0 Å². The molecule has 0 aromatic carbocycles. The number of hydrogen-bond acceptors (Lipinski definition) is 5. The molecule has 0 aliphatic carbocycles. The molecule has 2 heterocycles. The summed E-state index contributed by atoms with van der Waals surface area (Å²) in [5.74, 6) is -1.25. The molecule has 1 fully saturated rings. The molecule has 2 unspecified atom stereocenters. The van der Waals surface area contributed by atoms with Gasteiger partial charge in [-0.25, -0.2) is 17.9 Å². The second kappa shape index (κ2) is 5.17. The van der Waals surface area contributed by atoms with Gasteiger partial charge in [0.2, 0.25) is 10.0 Å². The van der Waals surface area contributed by atoms with E-state index in [2.05, 4.69) is 9.71 Å². The maximum absolute atomic E-state index is 12.0. The van der Waals surface area contributed by atoms with Gasteiger partial charge in [0.05, 0.1) is 6.10 Å². The Labute approximate surface area is 115 Å². The number of aromatic nitrogens is 1. The number of carboxylic acid groups (broad SMARTS) is 1. The standard InChI is InChI=1S/C11H16N2O6S/c1-7-11(16,2-3-19-7)6-13-20(17,18)8-4-9(10(14)15)12-5-8/h4-5,7,12-13,16H,2-3,6H2,1H3,(H,14,15). The number of rotatable bonds is 5. The summed E-state index contributed by atoms with van der Waals surface area (Å²) >= 11 is 0. The molecule has 1 aliphatic heterocycles. The molecule has 8 nitrogen and oxygen atoms in total. The van der Waals surface area contributed by atoms with Gasteiger partial charge in [0.1, 0.15) is 16.2 Å². The third kappa shape index (κ3) is 2.85. The number of hydrogen-bond donors (Lipinski definition) is 4. The highest BCUT2D eigenvalue weighted by atomic mass is 32.2. The third-order valence-corrected chi connectivity index (χ3v) is 4.81. The van der Waals surface area contributed by atoms with Crippen molar-refractivity contribution in [1.29, 1.82) is 0 Å². The molecular formula is C11H16N2O6S. The van der Waals surface area contributed by atoms with Crippen molar-refractivity contribution in [3.63, 3.8) is 0 Å². The number of aromatic amines is 1. The molecule has 20 heavy (non-hydrogen) atoms. The second-order valence-electron chi connectivity index (χ2n) is 4.75. The van der Waals surface area contributed by atoms with E-state index >= 15 is 0 Å². The summed E-state index contributed by atoms with van der Waals surface area (Å²) in [5, 5.41) is 18.9. The lowest BCUT2D eigenvalue weighted by Crippen LogP contribution is -2.47. The Morgan fingerprint density at radius 1 is 1.65 bits per heavy atom. The van der Waals surface area contributed by atoms with Crippen molar-refractivity contribution in [3.05, 3.63) is 18.0 Å². The minimum absolute atomic E-state index is 0.190. The van der Waals surface area contributed by atoms with Crippen LogP contribution < -0.4 is 4.72 Å². The lowest BCUT2D eigenvalue weighted by Gasteiger charge is -2.25. The number of carbonyl (C=O) groups is 1. The van der Waals surface area contributed by atoms with Crippen LogP contribution in [0.4, 0.5) is 0 Å². The van der Waals surface area contributed by atoms with E-state index < -0.39 is 27.7 Å². The maximum Gasteiger partial charge on any atom is 0.352 e. The molecule has 0 bridgehead atoms. The number of aromatic carboxylic acids is 1. The molecule has 1 saturated heterocycles. The van der Waals surface area contributed by atoms with Gasteiger partial charge in [0.25, 0.3) is 0 Å². The highest BCUT2D eigenvalue weighted by molar-refractivity contribution is 7.89. The average molecular weight is 304 g/mol. The average Bonchev–Trinajstić information content (AvgIpc) is 2.97. The molecule has 1 aromatic rings. The van der Waals surface area contributed by atoms with E-state index in [1.165, 1.54) is 0 Å². The van der Waals surface area contributed by atoms with Crippen molar-refractivity contribution in [2.75, 3.05) is 13.2 Å². The van der Waals surface area contributed by atoms with Crippen molar-refractivity contribution in [1.82, 2.24) is 9.71 Å². The third-order valence-electron chi connectivity index (χ3n) is 3.43. The summed E-state index contributed by atoms with van der Waals surface area (Å²) in [7, 11) is -3.88. The fraction of sp³-hybridized carbons (Fsp3) is 0.545. The maximum atomic E-state index is 12.0. The molecule has 0 radical (unpaired) electrons. The van der Waals surface area contributed by atoms with Crippen molar-refractivity contribution in [2.24, 2.45) is 0 Å². The van der Waals surface area contributed by atoms with Crippen molar-refractivity contribution in [2.45, 2.75) is 29.9 Å². The molecular weight excluding hydrogens is 288 g/mol. The smallest absolute Gasteiger partial charge is 0.352 e. The lowest BCUT2D eigenvalue weighted by atomic mass is 9.97. The van der Waals surface area contributed by atoms with E-state index in [1.807, 2.05) is 0 Å². The van der Waals surface area contributed by atoms with Crippen LogP contribution in [0.1, 0.15) is 23.8 Å². The van der Waals surface area contributed by atoms with Gasteiger partial charge >= 0.3 is 5.97 Å². The lowest BCUT2D eigenvalue weighted by molar-refractivity contribution is -0.0228. The second-order valence-corrected chi connectivity index (χ2v) is 6.51. The first-order chi connectivity index (χ1) is 9.24. The number of H-pyrrole nitrogens is 1. The Balaban J connectivity index is 2.09. The van der Waals surface area contributed by atoms with Crippen molar-refractivity contribution >= 4 is 16.0 Å². The van der Waals surface area contributed by atoms with Crippen LogP contribution in [-0.2, 0) is 14.8 Å². The van der Waals surface area contributed by atoms with Crippen molar-refractivity contribution in [3.8, 4) is 0 Å². The van der Waals surface area contributed by atoms with Crippen molar-refractivity contribution < 1.29 is 28.2 Å². The van der Waals surface area contributed by atoms with Crippen LogP contribution in [0.2, 0.25) is 0 Å². The highest BCUT2D eigenvalue weighted by Gasteiger charge is 2.40. The van der Waals surface area contributed by atoms with Gasteiger partial charge in [0, 0.05) is 25.8 Å². The summed E-state index contributed by atoms with van der Waals surface area (Å²) in [4.78, 5) is 12.9. The number of carboxylic acids is 1. The first-order valence-corrected chi connectivity index (χ1v) is 7.48. The molecule has 4 N–H and O–H groups in total. The molecule has 1 aliphatic rings. The van der Waals surface area contributed by atoms with E-state index in [-0.39, 0.29) is 17.1 Å². The van der Waals surface area contributed by atoms with Gasteiger partial charge in [-0.15, -0.1) is 0 Å². The first-order valence-electron chi connectivity index (χ1n) is 6.00. The summed E-state index contributed by atoms with van der Waals surface area (Å²) < 4.78 is 31.5. The summed E-state index contributed by atoms with van der Waals surface area (Å²) in [6, 6.07) is 1.02. The normalized spacial score (nSPS) is 26.8. The largest absolute Gasteiger partial charge is 0.477 e. The van der Waals surface area contributed by atoms with Gasteiger partial charge in [0.15, 0.2) is 0 Å². The molecule has 1 aromatic heterocycles. The predicted octanol–water partition coefficient (Wildman–Crippen LogP) is -0.469. The van der Waals surface area contributed by atoms with E-state index in [4.69, 9.17) is 9.84 Å². The number of nitrogens with one attached hydrogen (secondary N) is 2. The summed E-state index contributed by atoms with van der Waals surface area (Å²) in [6.07, 6.45) is 0.959. The number of ether oxygens (including phenoxy) is 1. The quantitative estimate of drug-likeness (QED) is 0.582. The minimum atomic E-state index is -3.88. The molecule has 0 spiro atoms. The van der Waals surface area contributed by atoms with E-state index in [1.54, 1.807) is 6.92 Å². The van der Waals surface area contributed by atoms with Crippen LogP contribution in [-0.4, -0.2) is 54.4 Å². The molecule has 2 atom stereocenters. The zero-order chi connectivity index (χ0) is 15.0. The minimum Gasteiger partial charge on any atom is -0.477 e. The van der Waals surface area contributed by atoms with Gasteiger partial charge < -0.3 is 19.9 Å². The van der Waals surface area contributed by atoms with Gasteiger partial charge in [-0.2, -0.15) is 0 Å². The Morgan fingerprint density at radius 2 is 2.35 bits per heavy atom. The molecule has 2 rings (SSSR count). The Hall–Kier alpha value is -1.42. The summed E-state index contributed by atoms with van der Waals surface area (Å²) in [6.45, 7) is 1.84. The fourth-order valence-corrected chi connectivity index (χ4v) is 3.05. The van der Waals surface area contributed by atoms with Crippen LogP contribution in [0, 0.1) is 0 Å². The molecule has 0 saturated carbocycles. The highest BCUT2D eigenvalue weighted by Crippen LogP contribution is 2.25. The number of sulfonamides is 1. The zero-order valence-corrected chi connectivity index (χ0v) is 11.6. The van der Waals surface area contributed by atoms with E-state index in [9.17, 15) is 18.3 Å². The van der Waals surface area contributed by atoms with Crippen LogP contribution in [0.15, 0.2) is 17.2 Å². The topological polar surface area (TPSA) is 129 Å². The molecule has 0 amide bonds. The Kier molecular flexibility index (Phi) is 3.87. The molecule has 112 valence electrons. The summed E-state index contributed by atoms with van der Waals surface area (Å²) in [5.41, 5.74) is -1.47. The fourth-order valence-electron chi connectivity index (χ4n) is 1.96. The Bertz CT molecular complexity index is 610. The van der Waals surface area contributed by atoms with Crippen LogP contribution in [0.3, 0.4) is 0 Å². The number of aliphatic hydroxyl groups is 1. The van der Waals surface area contributed by atoms with Crippen LogP contribution >= 0.6 is 0 Å². The SMILES string of the molecule is CC1OCCC1(O)CNS(=O)(=O)c1c[nH]c(C(=O)O)c1. The molecule has 9 heteroatoms. The predicted molar refractivity (Wildman–Crippen MR) is 67.9 cm³/mol. The Morgan fingerprint density at radius 3 is 2.85 bits per heavy atom. The monoisotopic (exact) mass is 304 g/mol. The van der Waals surface area contributed by atoms with E-state index in [0.717, 1.165) is 12.3 Å². The first kappa shape index (κ1) is 15.0. The van der Waals surface area contributed by atoms with Crippen LogP contribution in [0.25, 0.3) is 0 Å². The van der Waals surface area contributed by atoms with Gasteiger partial charge in [-0.05, 0) is 13.0 Å². The van der Waals surface area contributed by atoms with Gasteiger partial charge in [-0.1, -0.05) is 0 Å². The van der Waals surface area contributed by atoms with Gasteiger partial charge in [-0.3, -0.25) is 0 Å². The van der Waals surface area contributed by atoms with Crippen LogP contribution in [0.5, 0.6) is 0 Å². The zero-order valence-electron chi connectivity index (χ0n) is 10.8.